The lowest BCUT2D eigenvalue weighted by Gasteiger charge is -1.93. The number of aromatic nitrogens is 1. The first-order valence-corrected chi connectivity index (χ1v) is 3.72. The van der Waals surface area contributed by atoms with Crippen LogP contribution in [-0.4, -0.2) is 10.4 Å². The van der Waals surface area contributed by atoms with Crippen LogP contribution in [0, 0.1) is 5.41 Å². The van der Waals surface area contributed by atoms with E-state index in [2.05, 4.69) is 0 Å². The van der Waals surface area contributed by atoms with Crippen molar-refractivity contribution < 1.29 is 9.94 Å². The van der Waals surface area contributed by atoms with Crippen LogP contribution < -0.4 is 10.5 Å². The third-order valence-electron chi connectivity index (χ3n) is 1.01. The lowest BCUT2D eigenvalue weighted by atomic mass is 10.5. The van der Waals surface area contributed by atoms with Crippen molar-refractivity contribution in [2.24, 2.45) is 5.73 Å². The molecule has 0 saturated heterocycles. The van der Waals surface area contributed by atoms with Crippen LogP contribution in [-0.2, 0) is 0 Å². The Balaban J connectivity index is 2.74. The van der Waals surface area contributed by atoms with E-state index in [1.54, 1.807) is 12.1 Å². The summed E-state index contributed by atoms with van der Waals surface area (Å²) < 4.78 is 0.935. The second kappa shape index (κ2) is 3.25. The smallest absolute Gasteiger partial charge is 0.223 e. The quantitative estimate of drug-likeness (QED) is 0.185. The monoisotopic (exact) mass is 170 g/mol. The van der Waals surface area contributed by atoms with E-state index in [-0.39, 0.29) is 5.17 Å². The summed E-state index contributed by atoms with van der Waals surface area (Å²) in [5, 5.41) is 15.8. The average Bonchev–Trinajstić information content (AvgIpc) is 1.93. The van der Waals surface area contributed by atoms with Crippen molar-refractivity contribution in [3.8, 4) is 0 Å². The first-order chi connectivity index (χ1) is 5.18. The minimum absolute atomic E-state index is 0.0423. The van der Waals surface area contributed by atoms with Gasteiger partial charge < -0.3 is 5.73 Å². The lowest BCUT2D eigenvalue weighted by Crippen LogP contribution is -2.27. The summed E-state index contributed by atoms with van der Waals surface area (Å²) in [6.45, 7) is 0. The van der Waals surface area contributed by atoms with Crippen molar-refractivity contribution in [2.45, 2.75) is 4.90 Å². The predicted molar refractivity (Wildman–Crippen MR) is 41.6 cm³/mol. The van der Waals surface area contributed by atoms with E-state index in [0.717, 1.165) is 21.4 Å². The van der Waals surface area contributed by atoms with Crippen LogP contribution in [0.1, 0.15) is 0 Å². The van der Waals surface area contributed by atoms with Crippen LogP contribution in [0.25, 0.3) is 0 Å². The number of nitrogens with two attached hydrogens (primary N) is 1. The van der Waals surface area contributed by atoms with Gasteiger partial charge in [0.05, 0.1) is 0 Å². The van der Waals surface area contributed by atoms with E-state index in [0.29, 0.717) is 0 Å². The molecular weight excluding hydrogens is 162 g/mol. The Kier molecular flexibility index (Phi) is 2.32. The number of amidine groups is 1. The number of hydrogen-bond acceptors (Lipinski definition) is 3. The minimum Gasteiger partial charge on any atom is -0.378 e. The van der Waals surface area contributed by atoms with Crippen LogP contribution in [0.15, 0.2) is 29.4 Å². The SMILES string of the molecule is N=C(N)Sc1cc[n+](O)cc1. The first kappa shape index (κ1) is 7.87. The summed E-state index contributed by atoms with van der Waals surface area (Å²) in [5.41, 5.74) is 5.14. The fourth-order valence-corrected chi connectivity index (χ4v) is 1.11. The largest absolute Gasteiger partial charge is 0.378 e. The van der Waals surface area contributed by atoms with Gasteiger partial charge in [0.1, 0.15) is 0 Å². The highest BCUT2D eigenvalue weighted by molar-refractivity contribution is 8.13. The summed E-state index contributed by atoms with van der Waals surface area (Å²) in [6.07, 6.45) is 2.95. The molecule has 0 amide bonds. The molecule has 0 bridgehead atoms. The van der Waals surface area contributed by atoms with Gasteiger partial charge in [0.25, 0.3) is 0 Å². The highest BCUT2D eigenvalue weighted by Crippen LogP contribution is 2.13. The van der Waals surface area contributed by atoms with Gasteiger partial charge in [-0.25, -0.2) is 0 Å². The molecule has 58 valence electrons. The number of hydrogen-bond donors (Lipinski definition) is 3. The summed E-state index contributed by atoms with van der Waals surface area (Å²) in [4.78, 5) is 0.836. The Labute approximate surface area is 68.1 Å². The molecule has 4 N–H and O–H groups in total. The molecule has 5 heteroatoms. The summed E-state index contributed by atoms with van der Waals surface area (Å²) in [6, 6.07) is 3.35. The van der Waals surface area contributed by atoms with E-state index in [1.807, 2.05) is 0 Å². The van der Waals surface area contributed by atoms with E-state index in [1.165, 1.54) is 12.4 Å². The number of rotatable bonds is 1. The average molecular weight is 170 g/mol. The zero-order valence-corrected chi connectivity index (χ0v) is 6.51. The molecule has 1 aromatic heterocycles. The Morgan fingerprint density at radius 1 is 1.55 bits per heavy atom. The number of nitrogens with one attached hydrogen (secondary N) is 1. The molecule has 0 spiro atoms. The van der Waals surface area contributed by atoms with E-state index >= 15 is 0 Å². The molecule has 0 aliphatic heterocycles. The Morgan fingerprint density at radius 3 is 2.55 bits per heavy atom. The van der Waals surface area contributed by atoms with Gasteiger partial charge in [-0.3, -0.25) is 10.6 Å². The second-order valence-electron chi connectivity index (χ2n) is 1.88. The van der Waals surface area contributed by atoms with Crippen molar-refractivity contribution in [2.75, 3.05) is 0 Å². The molecule has 0 fully saturated rings. The number of thioether (sulfide) groups is 1. The van der Waals surface area contributed by atoms with Crippen molar-refractivity contribution in [3.63, 3.8) is 0 Å². The third kappa shape index (κ3) is 2.46. The highest BCUT2D eigenvalue weighted by Gasteiger charge is 1.99. The molecule has 0 aliphatic carbocycles. The van der Waals surface area contributed by atoms with Crippen molar-refractivity contribution in [1.29, 1.82) is 5.41 Å². The van der Waals surface area contributed by atoms with Gasteiger partial charge in [-0.05, 0) is 0 Å². The lowest BCUT2D eigenvalue weighted by molar-refractivity contribution is -0.905. The molecule has 0 saturated carbocycles. The molecule has 1 aromatic rings. The standard InChI is InChI=1S/C6H8N3OS/c7-6(8)11-5-1-3-9(10)4-2-5/h1-4,10H,(H3,7,8)/q+1. The molecule has 1 rings (SSSR count). The predicted octanol–water partition coefficient (Wildman–Crippen LogP) is 0.197. The maximum atomic E-state index is 8.81. The topological polar surface area (TPSA) is 74.0 Å². The fourth-order valence-electron chi connectivity index (χ4n) is 0.600. The molecule has 0 aromatic carbocycles. The Morgan fingerprint density at radius 2 is 2.09 bits per heavy atom. The first-order valence-electron chi connectivity index (χ1n) is 2.91. The normalized spacial score (nSPS) is 9.45. The van der Waals surface area contributed by atoms with E-state index < -0.39 is 0 Å². The summed E-state index contributed by atoms with van der Waals surface area (Å²) >= 11 is 1.14. The minimum atomic E-state index is 0.0423. The third-order valence-corrected chi connectivity index (χ3v) is 1.74. The zero-order valence-electron chi connectivity index (χ0n) is 5.69. The van der Waals surface area contributed by atoms with Crippen molar-refractivity contribution >= 4 is 16.9 Å². The van der Waals surface area contributed by atoms with Gasteiger partial charge in [-0.1, -0.05) is 11.8 Å². The Bertz CT molecular complexity index is 259. The van der Waals surface area contributed by atoms with Gasteiger partial charge >= 0.3 is 0 Å². The maximum absolute atomic E-state index is 8.81. The number of nitrogens with zero attached hydrogens (tertiary/aromatic N) is 1. The molecule has 0 aliphatic rings. The van der Waals surface area contributed by atoms with Crippen LogP contribution in [0.5, 0.6) is 0 Å². The van der Waals surface area contributed by atoms with E-state index in [9.17, 15) is 0 Å². The van der Waals surface area contributed by atoms with Gasteiger partial charge in [0.15, 0.2) is 5.17 Å². The number of pyridine rings is 1. The van der Waals surface area contributed by atoms with Gasteiger partial charge in [0, 0.05) is 21.8 Å². The van der Waals surface area contributed by atoms with Gasteiger partial charge in [-0.15, -0.1) is 0 Å². The fraction of sp³-hybridized carbons (Fsp3) is 0. The molecule has 0 unspecified atom stereocenters. The highest BCUT2D eigenvalue weighted by atomic mass is 32.2. The van der Waals surface area contributed by atoms with Crippen LogP contribution in [0.4, 0.5) is 0 Å². The van der Waals surface area contributed by atoms with Crippen molar-refractivity contribution in [1.82, 2.24) is 0 Å². The summed E-state index contributed by atoms with van der Waals surface area (Å²) in [7, 11) is 0. The molecule has 0 radical (unpaired) electrons. The molecule has 1 heterocycles. The Hall–Kier alpha value is -1.23. The van der Waals surface area contributed by atoms with Gasteiger partial charge in [0.2, 0.25) is 12.4 Å². The van der Waals surface area contributed by atoms with Crippen LogP contribution in [0.2, 0.25) is 0 Å². The van der Waals surface area contributed by atoms with Crippen LogP contribution >= 0.6 is 11.8 Å². The van der Waals surface area contributed by atoms with Crippen molar-refractivity contribution in [3.05, 3.63) is 24.5 Å². The summed E-state index contributed by atoms with van der Waals surface area (Å²) in [5.74, 6) is 0. The van der Waals surface area contributed by atoms with Crippen LogP contribution in [0.3, 0.4) is 0 Å². The van der Waals surface area contributed by atoms with E-state index in [4.69, 9.17) is 16.4 Å². The molecule has 4 nitrogen and oxygen atoms in total. The molecule has 11 heavy (non-hydrogen) atoms. The second-order valence-corrected chi connectivity index (χ2v) is 3.00. The maximum Gasteiger partial charge on any atom is 0.223 e. The molecular formula is C6H8N3OS+. The molecule has 0 atom stereocenters. The zero-order chi connectivity index (χ0) is 8.27. The van der Waals surface area contributed by atoms with Gasteiger partial charge in [-0.2, -0.15) is 0 Å².